The van der Waals surface area contributed by atoms with Gasteiger partial charge in [0.1, 0.15) is 0 Å². The van der Waals surface area contributed by atoms with Crippen molar-refractivity contribution in [3.63, 3.8) is 0 Å². The van der Waals surface area contributed by atoms with E-state index in [1.807, 2.05) is 0 Å². The van der Waals surface area contributed by atoms with Crippen molar-refractivity contribution in [1.29, 1.82) is 0 Å². The van der Waals surface area contributed by atoms with Crippen LogP contribution < -0.4 is 5.32 Å². The Bertz CT molecular complexity index is 185. The summed E-state index contributed by atoms with van der Waals surface area (Å²) in [5.74, 6) is 0.959. The minimum absolute atomic E-state index is 0.898. The average Bonchev–Trinajstić information content (AvgIpc) is 3.03. The third-order valence-corrected chi connectivity index (χ3v) is 3.65. The van der Waals surface area contributed by atoms with E-state index in [2.05, 4.69) is 10.2 Å². The monoisotopic (exact) mass is 180 g/mol. The van der Waals surface area contributed by atoms with Crippen molar-refractivity contribution >= 4 is 0 Å². The molecule has 13 heavy (non-hydrogen) atoms. The van der Waals surface area contributed by atoms with Crippen LogP contribution in [0.15, 0.2) is 0 Å². The van der Waals surface area contributed by atoms with Gasteiger partial charge in [-0.1, -0.05) is 0 Å². The number of hydrogen-bond acceptors (Lipinski definition) is 2. The molecule has 3 rings (SSSR count). The Morgan fingerprint density at radius 2 is 1.92 bits per heavy atom. The molecule has 0 amide bonds. The molecule has 0 spiro atoms. The lowest BCUT2D eigenvalue weighted by atomic mass is 10.1. The second kappa shape index (κ2) is 3.25. The van der Waals surface area contributed by atoms with Gasteiger partial charge in [0, 0.05) is 18.6 Å². The maximum absolute atomic E-state index is 3.65. The van der Waals surface area contributed by atoms with Crippen LogP contribution >= 0.6 is 0 Å². The molecule has 1 atom stereocenters. The minimum Gasteiger partial charge on any atom is -0.314 e. The number of rotatable bonds is 4. The predicted molar refractivity (Wildman–Crippen MR) is 53.7 cm³/mol. The van der Waals surface area contributed by atoms with Crippen molar-refractivity contribution in [3.05, 3.63) is 0 Å². The van der Waals surface area contributed by atoms with Gasteiger partial charge < -0.3 is 10.2 Å². The van der Waals surface area contributed by atoms with Crippen LogP contribution in [0, 0.1) is 5.92 Å². The molecule has 1 aliphatic heterocycles. The van der Waals surface area contributed by atoms with Gasteiger partial charge in [-0.3, -0.25) is 0 Å². The fourth-order valence-electron chi connectivity index (χ4n) is 2.42. The molecule has 2 nitrogen and oxygen atoms in total. The second-order valence-electron chi connectivity index (χ2n) is 5.06. The van der Waals surface area contributed by atoms with Crippen molar-refractivity contribution in [2.75, 3.05) is 19.6 Å². The lowest BCUT2D eigenvalue weighted by Gasteiger charge is -2.14. The minimum atomic E-state index is 0.898. The summed E-state index contributed by atoms with van der Waals surface area (Å²) in [7, 11) is 0. The van der Waals surface area contributed by atoms with Gasteiger partial charge in [0.25, 0.3) is 0 Å². The molecule has 3 aliphatic rings. The summed E-state index contributed by atoms with van der Waals surface area (Å²) in [5.41, 5.74) is 0. The van der Waals surface area contributed by atoms with Gasteiger partial charge >= 0.3 is 0 Å². The molecule has 2 saturated carbocycles. The molecule has 0 aromatic heterocycles. The molecular formula is C11H20N2. The molecule has 2 heteroatoms. The van der Waals surface area contributed by atoms with Gasteiger partial charge in [-0.2, -0.15) is 0 Å². The van der Waals surface area contributed by atoms with Crippen molar-refractivity contribution in [2.24, 2.45) is 5.92 Å². The average molecular weight is 180 g/mol. The van der Waals surface area contributed by atoms with Crippen LogP contribution in [0.5, 0.6) is 0 Å². The molecule has 0 aromatic rings. The van der Waals surface area contributed by atoms with E-state index in [4.69, 9.17) is 0 Å². The molecule has 3 fully saturated rings. The van der Waals surface area contributed by atoms with Gasteiger partial charge in [0.2, 0.25) is 0 Å². The topological polar surface area (TPSA) is 15.3 Å². The summed E-state index contributed by atoms with van der Waals surface area (Å²) in [5, 5.41) is 3.65. The smallest absolute Gasteiger partial charge is 0.00965 e. The first-order valence-corrected chi connectivity index (χ1v) is 5.89. The van der Waals surface area contributed by atoms with E-state index in [1.165, 1.54) is 51.7 Å². The lowest BCUT2D eigenvalue weighted by molar-refractivity contribution is 0.312. The van der Waals surface area contributed by atoms with E-state index in [1.54, 1.807) is 0 Å². The highest BCUT2D eigenvalue weighted by atomic mass is 15.2. The fourth-order valence-corrected chi connectivity index (χ4v) is 2.42. The largest absolute Gasteiger partial charge is 0.314 e. The zero-order chi connectivity index (χ0) is 8.67. The van der Waals surface area contributed by atoms with Crippen LogP contribution in [0.4, 0.5) is 0 Å². The summed E-state index contributed by atoms with van der Waals surface area (Å²) in [6.45, 7) is 4.04. The van der Waals surface area contributed by atoms with Gasteiger partial charge in [-0.15, -0.1) is 0 Å². The Labute approximate surface area is 80.7 Å². The predicted octanol–water partition coefficient (Wildman–Crippen LogP) is 1.22. The maximum atomic E-state index is 3.65. The molecule has 1 unspecified atom stereocenters. The Balaban J connectivity index is 1.40. The van der Waals surface area contributed by atoms with E-state index in [0.717, 1.165) is 18.0 Å². The molecule has 2 aliphatic carbocycles. The van der Waals surface area contributed by atoms with Crippen LogP contribution in [0.1, 0.15) is 32.1 Å². The Kier molecular flexibility index (Phi) is 2.06. The number of likely N-dealkylation sites (tertiary alicyclic amines) is 1. The third-order valence-electron chi connectivity index (χ3n) is 3.65. The molecule has 1 heterocycles. The summed E-state index contributed by atoms with van der Waals surface area (Å²) < 4.78 is 0. The summed E-state index contributed by atoms with van der Waals surface area (Å²) >= 11 is 0. The lowest BCUT2D eigenvalue weighted by Crippen LogP contribution is -2.28. The van der Waals surface area contributed by atoms with Crippen LogP contribution in [-0.2, 0) is 0 Å². The Morgan fingerprint density at radius 3 is 2.62 bits per heavy atom. The quantitative estimate of drug-likeness (QED) is 0.700. The molecule has 1 saturated heterocycles. The highest BCUT2D eigenvalue weighted by Crippen LogP contribution is 2.31. The third kappa shape index (κ3) is 2.05. The van der Waals surface area contributed by atoms with Gasteiger partial charge in [-0.05, 0) is 51.1 Å². The summed E-state index contributed by atoms with van der Waals surface area (Å²) in [4.78, 5) is 2.71. The van der Waals surface area contributed by atoms with Crippen molar-refractivity contribution in [1.82, 2.24) is 10.2 Å². The second-order valence-corrected chi connectivity index (χ2v) is 5.06. The molecular weight excluding hydrogens is 160 g/mol. The van der Waals surface area contributed by atoms with Gasteiger partial charge in [0.05, 0.1) is 0 Å². The Morgan fingerprint density at radius 1 is 1.08 bits per heavy atom. The zero-order valence-corrected chi connectivity index (χ0v) is 8.34. The zero-order valence-electron chi connectivity index (χ0n) is 8.34. The standard InChI is InChI=1S/C11H20N2/c1-2-10(1)12-7-9-5-6-13(8-9)11-3-4-11/h9-12H,1-8H2. The molecule has 0 bridgehead atoms. The van der Waals surface area contributed by atoms with Crippen LogP contribution in [0.25, 0.3) is 0 Å². The first-order valence-electron chi connectivity index (χ1n) is 5.89. The van der Waals surface area contributed by atoms with Crippen molar-refractivity contribution in [2.45, 2.75) is 44.2 Å². The SMILES string of the molecule is C1CN(C2CC2)CC1CNC1CC1. The highest BCUT2D eigenvalue weighted by Gasteiger charge is 2.34. The van der Waals surface area contributed by atoms with Gasteiger partial charge in [-0.25, -0.2) is 0 Å². The normalized spacial score (nSPS) is 35.5. The first-order chi connectivity index (χ1) is 6.42. The molecule has 74 valence electrons. The van der Waals surface area contributed by atoms with Crippen molar-refractivity contribution in [3.8, 4) is 0 Å². The van der Waals surface area contributed by atoms with E-state index < -0.39 is 0 Å². The molecule has 1 N–H and O–H groups in total. The highest BCUT2D eigenvalue weighted by molar-refractivity contribution is 4.91. The maximum Gasteiger partial charge on any atom is 0.00965 e. The number of nitrogens with zero attached hydrogens (tertiary/aromatic N) is 1. The van der Waals surface area contributed by atoms with Crippen molar-refractivity contribution < 1.29 is 0 Å². The molecule has 0 radical (unpaired) electrons. The first kappa shape index (κ1) is 8.25. The number of hydrogen-bond donors (Lipinski definition) is 1. The van der Waals surface area contributed by atoms with Gasteiger partial charge in [0.15, 0.2) is 0 Å². The van der Waals surface area contributed by atoms with E-state index >= 15 is 0 Å². The van der Waals surface area contributed by atoms with Crippen LogP contribution in [0.3, 0.4) is 0 Å². The fraction of sp³-hybridized carbons (Fsp3) is 1.00. The van der Waals surface area contributed by atoms with E-state index in [-0.39, 0.29) is 0 Å². The van der Waals surface area contributed by atoms with E-state index in [9.17, 15) is 0 Å². The van der Waals surface area contributed by atoms with E-state index in [0.29, 0.717) is 0 Å². The Hall–Kier alpha value is -0.0800. The van der Waals surface area contributed by atoms with Crippen LogP contribution in [0.2, 0.25) is 0 Å². The van der Waals surface area contributed by atoms with Crippen LogP contribution in [-0.4, -0.2) is 36.6 Å². The summed E-state index contributed by atoms with van der Waals surface area (Å²) in [6, 6.07) is 1.89. The summed E-state index contributed by atoms with van der Waals surface area (Å²) in [6.07, 6.45) is 7.25. The molecule has 0 aromatic carbocycles. The number of nitrogens with one attached hydrogen (secondary N) is 1.